The molecule has 2 fully saturated rings. The molecule has 0 aromatic heterocycles. The zero-order valence-corrected chi connectivity index (χ0v) is 8.56. The van der Waals surface area contributed by atoms with Crippen molar-refractivity contribution in [2.24, 2.45) is 5.73 Å². The highest BCUT2D eigenvalue weighted by molar-refractivity contribution is 4.92. The number of hydrogen-bond acceptors (Lipinski definition) is 4. The van der Waals surface area contributed by atoms with Gasteiger partial charge in [0.1, 0.15) is 0 Å². The van der Waals surface area contributed by atoms with E-state index in [4.69, 9.17) is 10.5 Å². The van der Waals surface area contributed by atoms with Gasteiger partial charge >= 0.3 is 0 Å². The SMILES string of the molecule is NCC(CO)N1CCOC2CCCC21. The molecular weight excluding hydrogens is 180 g/mol. The number of nitrogens with two attached hydrogens (primary N) is 1. The largest absolute Gasteiger partial charge is 0.395 e. The summed E-state index contributed by atoms with van der Waals surface area (Å²) < 4.78 is 5.71. The van der Waals surface area contributed by atoms with E-state index in [0.29, 0.717) is 18.7 Å². The van der Waals surface area contributed by atoms with Gasteiger partial charge in [-0.25, -0.2) is 0 Å². The maximum Gasteiger partial charge on any atom is 0.0731 e. The number of aliphatic hydroxyl groups excluding tert-OH is 1. The van der Waals surface area contributed by atoms with E-state index in [1.165, 1.54) is 19.3 Å². The minimum atomic E-state index is 0.129. The van der Waals surface area contributed by atoms with Crippen molar-refractivity contribution < 1.29 is 9.84 Å². The number of rotatable bonds is 3. The third kappa shape index (κ3) is 1.80. The summed E-state index contributed by atoms with van der Waals surface area (Å²) in [5.74, 6) is 0. The normalized spacial score (nSPS) is 35.6. The number of morpholine rings is 1. The molecule has 2 aliphatic rings. The lowest BCUT2D eigenvalue weighted by Crippen LogP contribution is -2.56. The maximum absolute atomic E-state index is 9.24. The number of nitrogens with zero attached hydrogens (tertiary/aromatic N) is 1. The van der Waals surface area contributed by atoms with Crippen molar-refractivity contribution in [2.75, 3.05) is 26.3 Å². The number of aliphatic hydroxyl groups is 1. The van der Waals surface area contributed by atoms with Crippen molar-refractivity contribution in [1.29, 1.82) is 0 Å². The van der Waals surface area contributed by atoms with Crippen LogP contribution in [0.1, 0.15) is 19.3 Å². The Morgan fingerprint density at radius 3 is 3.07 bits per heavy atom. The highest BCUT2D eigenvalue weighted by Crippen LogP contribution is 2.30. The van der Waals surface area contributed by atoms with Gasteiger partial charge in [0.2, 0.25) is 0 Å². The lowest BCUT2D eigenvalue weighted by molar-refractivity contribution is -0.0769. The molecule has 0 bridgehead atoms. The smallest absolute Gasteiger partial charge is 0.0731 e. The minimum Gasteiger partial charge on any atom is -0.395 e. The van der Waals surface area contributed by atoms with E-state index in [2.05, 4.69) is 4.90 Å². The van der Waals surface area contributed by atoms with E-state index >= 15 is 0 Å². The molecule has 2 rings (SSSR count). The van der Waals surface area contributed by atoms with E-state index in [1.807, 2.05) is 0 Å². The first-order chi connectivity index (χ1) is 6.86. The molecule has 1 saturated carbocycles. The fraction of sp³-hybridized carbons (Fsp3) is 1.00. The van der Waals surface area contributed by atoms with Gasteiger partial charge in [0, 0.05) is 25.2 Å². The van der Waals surface area contributed by atoms with E-state index in [-0.39, 0.29) is 12.6 Å². The summed E-state index contributed by atoms with van der Waals surface area (Å²) >= 11 is 0. The molecule has 82 valence electrons. The summed E-state index contributed by atoms with van der Waals surface area (Å²) in [6.07, 6.45) is 4.00. The molecule has 1 aliphatic heterocycles. The van der Waals surface area contributed by atoms with Crippen LogP contribution in [0.5, 0.6) is 0 Å². The number of ether oxygens (including phenoxy) is 1. The molecule has 0 amide bonds. The van der Waals surface area contributed by atoms with Gasteiger partial charge in [-0.3, -0.25) is 4.90 Å². The zero-order chi connectivity index (χ0) is 9.97. The van der Waals surface area contributed by atoms with Crippen molar-refractivity contribution in [1.82, 2.24) is 4.90 Å². The Hall–Kier alpha value is -0.160. The van der Waals surface area contributed by atoms with Gasteiger partial charge in [0.25, 0.3) is 0 Å². The van der Waals surface area contributed by atoms with E-state index < -0.39 is 0 Å². The molecule has 0 spiro atoms. The predicted molar refractivity (Wildman–Crippen MR) is 54.0 cm³/mol. The molecule has 4 nitrogen and oxygen atoms in total. The Kier molecular flexibility index (Phi) is 3.38. The molecule has 4 heteroatoms. The van der Waals surface area contributed by atoms with Crippen LogP contribution in [0.2, 0.25) is 0 Å². The molecule has 3 atom stereocenters. The van der Waals surface area contributed by atoms with Crippen LogP contribution >= 0.6 is 0 Å². The highest BCUT2D eigenvalue weighted by atomic mass is 16.5. The van der Waals surface area contributed by atoms with Crippen LogP contribution in [0.25, 0.3) is 0 Å². The average molecular weight is 200 g/mol. The summed E-state index contributed by atoms with van der Waals surface area (Å²) in [6, 6.07) is 0.633. The minimum absolute atomic E-state index is 0.129. The van der Waals surface area contributed by atoms with Gasteiger partial charge < -0.3 is 15.6 Å². The van der Waals surface area contributed by atoms with Gasteiger partial charge in [0.15, 0.2) is 0 Å². The van der Waals surface area contributed by atoms with E-state index in [0.717, 1.165) is 13.2 Å². The fourth-order valence-corrected chi connectivity index (χ4v) is 2.72. The summed E-state index contributed by atoms with van der Waals surface area (Å²) in [5.41, 5.74) is 5.65. The van der Waals surface area contributed by atoms with Crippen LogP contribution in [0.15, 0.2) is 0 Å². The summed E-state index contributed by atoms with van der Waals surface area (Å²) in [4.78, 5) is 2.35. The van der Waals surface area contributed by atoms with Crippen LogP contribution < -0.4 is 5.73 Å². The van der Waals surface area contributed by atoms with Gasteiger partial charge in [0.05, 0.1) is 19.3 Å². The molecule has 0 aromatic rings. The fourth-order valence-electron chi connectivity index (χ4n) is 2.72. The first kappa shape index (κ1) is 10.4. The lowest BCUT2D eigenvalue weighted by atomic mass is 10.1. The number of hydrogen-bond donors (Lipinski definition) is 2. The zero-order valence-electron chi connectivity index (χ0n) is 8.56. The number of fused-ring (bicyclic) bond motifs is 1. The molecule has 14 heavy (non-hydrogen) atoms. The molecule has 1 saturated heterocycles. The molecule has 1 heterocycles. The third-order valence-corrected chi connectivity index (χ3v) is 3.48. The second kappa shape index (κ2) is 4.57. The molecule has 1 aliphatic carbocycles. The van der Waals surface area contributed by atoms with Gasteiger partial charge in [-0.05, 0) is 19.3 Å². The van der Waals surface area contributed by atoms with Gasteiger partial charge in [-0.15, -0.1) is 0 Å². The Balaban J connectivity index is 2.01. The Bertz CT molecular complexity index is 185. The quantitative estimate of drug-likeness (QED) is 0.648. The first-order valence-electron chi connectivity index (χ1n) is 5.55. The molecule has 0 radical (unpaired) electrons. The predicted octanol–water partition coefficient (Wildman–Crippen LogP) is -0.441. The first-order valence-corrected chi connectivity index (χ1v) is 5.55. The van der Waals surface area contributed by atoms with Crippen LogP contribution in [-0.2, 0) is 4.74 Å². The standard InChI is InChI=1S/C10H20N2O2/c11-6-8(7-13)12-4-5-14-10-3-1-2-9(10)12/h8-10,13H,1-7,11H2. The molecule has 3 unspecified atom stereocenters. The van der Waals surface area contributed by atoms with Gasteiger partial charge in [-0.1, -0.05) is 0 Å². The van der Waals surface area contributed by atoms with E-state index in [9.17, 15) is 5.11 Å². The van der Waals surface area contributed by atoms with Crippen molar-refractivity contribution in [3.63, 3.8) is 0 Å². The maximum atomic E-state index is 9.24. The van der Waals surface area contributed by atoms with Crippen LogP contribution in [-0.4, -0.2) is 54.5 Å². The van der Waals surface area contributed by atoms with Crippen LogP contribution in [0.4, 0.5) is 0 Å². The molecule has 0 aromatic carbocycles. The Morgan fingerprint density at radius 2 is 2.36 bits per heavy atom. The Labute approximate surface area is 85.0 Å². The van der Waals surface area contributed by atoms with Crippen LogP contribution in [0.3, 0.4) is 0 Å². The highest BCUT2D eigenvalue weighted by Gasteiger charge is 2.38. The molecular formula is C10H20N2O2. The molecule has 3 N–H and O–H groups in total. The van der Waals surface area contributed by atoms with Crippen LogP contribution in [0, 0.1) is 0 Å². The van der Waals surface area contributed by atoms with E-state index in [1.54, 1.807) is 0 Å². The van der Waals surface area contributed by atoms with Gasteiger partial charge in [-0.2, -0.15) is 0 Å². The van der Waals surface area contributed by atoms with Crippen molar-refractivity contribution in [3.05, 3.63) is 0 Å². The van der Waals surface area contributed by atoms with Crippen molar-refractivity contribution in [2.45, 2.75) is 37.5 Å². The summed E-state index contributed by atoms with van der Waals surface area (Å²) in [7, 11) is 0. The average Bonchev–Trinajstić information content (AvgIpc) is 2.68. The Morgan fingerprint density at radius 1 is 1.50 bits per heavy atom. The second-order valence-corrected chi connectivity index (χ2v) is 4.22. The van der Waals surface area contributed by atoms with Crippen molar-refractivity contribution in [3.8, 4) is 0 Å². The van der Waals surface area contributed by atoms with Crippen molar-refractivity contribution >= 4 is 0 Å². The second-order valence-electron chi connectivity index (χ2n) is 4.22. The summed E-state index contributed by atoms with van der Waals surface area (Å²) in [5, 5.41) is 9.24. The summed E-state index contributed by atoms with van der Waals surface area (Å²) in [6.45, 7) is 2.42. The monoisotopic (exact) mass is 200 g/mol. The third-order valence-electron chi connectivity index (χ3n) is 3.48. The lowest BCUT2D eigenvalue weighted by Gasteiger charge is -2.41. The topological polar surface area (TPSA) is 58.7 Å².